The van der Waals surface area contributed by atoms with Gasteiger partial charge in [-0.1, -0.05) is 48.5 Å². The fourth-order valence-corrected chi connectivity index (χ4v) is 2.30. The van der Waals surface area contributed by atoms with Gasteiger partial charge in [0.1, 0.15) is 11.6 Å². The molecule has 0 aliphatic carbocycles. The predicted octanol–water partition coefficient (Wildman–Crippen LogP) is 5.07. The molecule has 0 fully saturated rings. The molecule has 0 atom stereocenters. The number of rotatable bonds is 5. The first-order valence-electron chi connectivity index (χ1n) is 8.10. The van der Waals surface area contributed by atoms with E-state index in [9.17, 15) is 9.50 Å². The van der Waals surface area contributed by atoms with Crippen molar-refractivity contribution in [2.75, 3.05) is 0 Å². The quantitative estimate of drug-likeness (QED) is 0.510. The first-order valence-corrected chi connectivity index (χ1v) is 8.10. The summed E-state index contributed by atoms with van der Waals surface area (Å²) in [6.07, 6.45) is 5.22. The molecule has 0 spiro atoms. The lowest BCUT2D eigenvalue weighted by Gasteiger charge is -2.01. The Kier molecular flexibility index (Phi) is 5.68. The fourth-order valence-electron chi connectivity index (χ4n) is 2.30. The topological polar surface area (TPSA) is 45.0 Å². The van der Waals surface area contributed by atoms with Gasteiger partial charge in [-0.3, -0.25) is 0 Å². The molecule has 0 unspecified atom stereocenters. The van der Waals surface area contributed by atoms with Crippen LogP contribution in [0.25, 0.3) is 6.08 Å². The minimum Gasteiger partial charge on any atom is -0.507 e. The minimum absolute atomic E-state index is 0.134. The van der Waals surface area contributed by atoms with Gasteiger partial charge in [-0.25, -0.2) is 4.39 Å². The highest BCUT2D eigenvalue weighted by Crippen LogP contribution is 2.13. The molecule has 0 aliphatic heterocycles. The van der Waals surface area contributed by atoms with Crippen molar-refractivity contribution in [3.05, 3.63) is 107 Å². The largest absolute Gasteiger partial charge is 0.507 e. The number of phenolic OH excluding ortho intramolecular Hbond substituents is 1. The van der Waals surface area contributed by atoms with Crippen molar-refractivity contribution in [2.24, 2.45) is 10.2 Å². The third-order valence-corrected chi connectivity index (χ3v) is 3.67. The van der Waals surface area contributed by atoms with Gasteiger partial charge in [0.15, 0.2) is 0 Å². The number of hydrogen-bond donors (Lipinski definition) is 1. The Labute approximate surface area is 151 Å². The van der Waals surface area contributed by atoms with Crippen LogP contribution >= 0.6 is 0 Å². The van der Waals surface area contributed by atoms with Crippen LogP contribution in [0, 0.1) is 5.82 Å². The molecule has 3 aromatic rings. The van der Waals surface area contributed by atoms with Crippen LogP contribution in [0.15, 0.2) is 95.1 Å². The Bertz CT molecular complexity index is 945. The monoisotopic (exact) mass is 344 g/mol. The lowest BCUT2D eigenvalue weighted by atomic mass is 10.1. The summed E-state index contributed by atoms with van der Waals surface area (Å²) in [5, 5.41) is 18.1. The van der Waals surface area contributed by atoms with E-state index in [-0.39, 0.29) is 11.6 Å². The molecule has 0 bridgehead atoms. The van der Waals surface area contributed by atoms with Crippen LogP contribution < -0.4 is 0 Å². The van der Waals surface area contributed by atoms with Crippen molar-refractivity contribution >= 4 is 18.0 Å². The van der Waals surface area contributed by atoms with E-state index in [2.05, 4.69) is 10.2 Å². The molecule has 3 rings (SSSR count). The number of allylic oxidation sites excluding steroid dienone is 1. The normalized spacial score (nSPS) is 12.1. The van der Waals surface area contributed by atoms with Crippen LogP contribution in [0.1, 0.15) is 16.7 Å². The van der Waals surface area contributed by atoms with E-state index in [0.29, 0.717) is 11.3 Å². The molecule has 0 heterocycles. The van der Waals surface area contributed by atoms with Crippen LogP contribution in [0.2, 0.25) is 0 Å². The van der Waals surface area contributed by atoms with Crippen LogP contribution in [0.5, 0.6) is 5.75 Å². The Morgan fingerprint density at radius 3 is 2.27 bits per heavy atom. The third kappa shape index (κ3) is 4.74. The molecule has 1 N–H and O–H groups in total. The lowest BCUT2D eigenvalue weighted by Crippen LogP contribution is -1.96. The highest BCUT2D eigenvalue weighted by atomic mass is 19.1. The van der Waals surface area contributed by atoms with E-state index in [1.54, 1.807) is 36.4 Å². The molecule has 0 aromatic heterocycles. The highest BCUT2D eigenvalue weighted by Gasteiger charge is 2.01. The number of phenols is 1. The van der Waals surface area contributed by atoms with E-state index in [1.807, 2.05) is 42.5 Å². The molecule has 0 saturated heterocycles. The van der Waals surface area contributed by atoms with E-state index in [0.717, 1.165) is 11.1 Å². The van der Waals surface area contributed by atoms with Crippen molar-refractivity contribution in [3.63, 3.8) is 0 Å². The van der Waals surface area contributed by atoms with Crippen molar-refractivity contribution in [1.82, 2.24) is 0 Å². The SMILES string of the molecule is Oc1ccccc1C=NN=C(C=Cc1ccccc1)c1ccc(F)cc1. The van der Waals surface area contributed by atoms with E-state index in [4.69, 9.17) is 0 Å². The molecule has 3 aromatic carbocycles. The summed E-state index contributed by atoms with van der Waals surface area (Å²) < 4.78 is 13.2. The van der Waals surface area contributed by atoms with Gasteiger partial charge in [0, 0.05) is 11.1 Å². The Hall–Kier alpha value is -3.53. The van der Waals surface area contributed by atoms with Crippen molar-refractivity contribution in [1.29, 1.82) is 0 Å². The molecule has 0 amide bonds. The Morgan fingerprint density at radius 1 is 0.846 bits per heavy atom. The first-order chi connectivity index (χ1) is 12.7. The lowest BCUT2D eigenvalue weighted by molar-refractivity contribution is 0.474. The van der Waals surface area contributed by atoms with Gasteiger partial charge in [0.2, 0.25) is 0 Å². The Balaban J connectivity index is 1.90. The third-order valence-electron chi connectivity index (χ3n) is 3.67. The number of aromatic hydroxyl groups is 1. The molecular weight excluding hydrogens is 327 g/mol. The maximum Gasteiger partial charge on any atom is 0.124 e. The first kappa shape index (κ1) is 17.3. The molecule has 128 valence electrons. The molecule has 4 heteroatoms. The van der Waals surface area contributed by atoms with Crippen LogP contribution in [0.4, 0.5) is 4.39 Å². The maximum atomic E-state index is 13.2. The van der Waals surface area contributed by atoms with Gasteiger partial charge in [-0.05, 0) is 48.0 Å². The van der Waals surface area contributed by atoms with Gasteiger partial charge in [-0.15, -0.1) is 0 Å². The average molecular weight is 344 g/mol. The number of hydrogen-bond acceptors (Lipinski definition) is 3. The van der Waals surface area contributed by atoms with Gasteiger partial charge in [0.25, 0.3) is 0 Å². The molecule has 0 aliphatic rings. The molecular formula is C22H17FN2O. The molecule has 0 saturated carbocycles. The van der Waals surface area contributed by atoms with E-state index < -0.39 is 0 Å². The summed E-state index contributed by atoms with van der Waals surface area (Å²) in [6, 6.07) is 22.7. The molecule has 26 heavy (non-hydrogen) atoms. The van der Waals surface area contributed by atoms with Crippen LogP contribution in [-0.2, 0) is 0 Å². The molecule has 3 nitrogen and oxygen atoms in total. The summed E-state index contributed by atoms with van der Waals surface area (Å²) in [5.41, 5.74) is 2.92. The zero-order valence-electron chi connectivity index (χ0n) is 14.0. The van der Waals surface area contributed by atoms with Crippen LogP contribution in [0.3, 0.4) is 0 Å². The van der Waals surface area contributed by atoms with Gasteiger partial charge >= 0.3 is 0 Å². The molecule has 0 radical (unpaired) electrons. The predicted molar refractivity (Wildman–Crippen MR) is 104 cm³/mol. The van der Waals surface area contributed by atoms with Crippen LogP contribution in [-0.4, -0.2) is 17.0 Å². The van der Waals surface area contributed by atoms with Gasteiger partial charge in [0.05, 0.1) is 11.9 Å². The summed E-state index contributed by atoms with van der Waals surface area (Å²) in [4.78, 5) is 0. The average Bonchev–Trinajstić information content (AvgIpc) is 2.67. The number of benzene rings is 3. The number of nitrogens with zero attached hydrogens (tertiary/aromatic N) is 2. The van der Waals surface area contributed by atoms with Crippen molar-refractivity contribution in [3.8, 4) is 5.75 Å². The summed E-state index contributed by atoms with van der Waals surface area (Å²) in [7, 11) is 0. The second-order valence-electron chi connectivity index (χ2n) is 5.54. The number of para-hydroxylation sites is 1. The standard InChI is InChI=1S/C22H17FN2O/c23-20-13-11-18(12-14-20)21(15-10-17-6-2-1-3-7-17)25-24-16-19-8-4-5-9-22(19)26/h1-16,26H. The zero-order chi connectivity index (χ0) is 18.2. The van der Waals surface area contributed by atoms with Gasteiger partial charge in [-0.2, -0.15) is 10.2 Å². The summed E-state index contributed by atoms with van der Waals surface area (Å²) in [6.45, 7) is 0. The number of halogens is 1. The fraction of sp³-hybridized carbons (Fsp3) is 0. The van der Waals surface area contributed by atoms with E-state index in [1.165, 1.54) is 18.3 Å². The zero-order valence-corrected chi connectivity index (χ0v) is 14.0. The van der Waals surface area contributed by atoms with Crippen molar-refractivity contribution in [2.45, 2.75) is 0 Å². The maximum absolute atomic E-state index is 13.2. The second-order valence-corrected chi connectivity index (χ2v) is 5.54. The minimum atomic E-state index is -0.308. The second kappa shape index (κ2) is 8.53. The summed E-state index contributed by atoms with van der Waals surface area (Å²) in [5.74, 6) is -0.174. The Morgan fingerprint density at radius 2 is 1.54 bits per heavy atom. The van der Waals surface area contributed by atoms with Gasteiger partial charge < -0.3 is 5.11 Å². The smallest absolute Gasteiger partial charge is 0.124 e. The van der Waals surface area contributed by atoms with Crippen molar-refractivity contribution < 1.29 is 9.50 Å². The van der Waals surface area contributed by atoms with E-state index >= 15 is 0 Å². The highest BCUT2D eigenvalue weighted by molar-refractivity contribution is 6.10. The summed E-state index contributed by atoms with van der Waals surface area (Å²) >= 11 is 0.